The Hall–Kier alpha value is -0.390. The molecule has 0 aliphatic carbocycles. The highest BCUT2D eigenvalue weighted by molar-refractivity contribution is 9.10. The van der Waals surface area contributed by atoms with Crippen LogP contribution in [0.4, 0.5) is 0 Å². The van der Waals surface area contributed by atoms with E-state index in [0.717, 1.165) is 22.4 Å². The summed E-state index contributed by atoms with van der Waals surface area (Å²) in [5, 5.41) is 17.5. The van der Waals surface area contributed by atoms with Gasteiger partial charge in [-0.2, -0.15) is 5.10 Å². The summed E-state index contributed by atoms with van der Waals surface area (Å²) in [7, 11) is 1.90. The Morgan fingerprint density at radius 2 is 2.06 bits per heavy atom. The summed E-state index contributed by atoms with van der Waals surface area (Å²) in [4.78, 5) is 0. The van der Waals surface area contributed by atoms with Gasteiger partial charge in [-0.15, -0.1) is 0 Å². The van der Waals surface area contributed by atoms with Crippen molar-refractivity contribution in [2.45, 2.75) is 33.3 Å². The molecule has 1 atom stereocenters. The predicted octanol–water partition coefficient (Wildman–Crippen LogP) is 1.64. The third kappa shape index (κ3) is 4.41. The first-order valence-corrected chi connectivity index (χ1v) is 6.77. The third-order valence-electron chi connectivity index (χ3n) is 2.62. The van der Waals surface area contributed by atoms with E-state index in [9.17, 15) is 5.11 Å². The highest BCUT2D eigenvalue weighted by Crippen LogP contribution is 2.21. The average molecular weight is 304 g/mol. The van der Waals surface area contributed by atoms with Crippen LogP contribution in [-0.2, 0) is 13.5 Å². The molecule has 1 heterocycles. The minimum absolute atomic E-state index is 0.375. The van der Waals surface area contributed by atoms with E-state index in [1.54, 1.807) is 0 Å². The lowest BCUT2D eigenvalue weighted by Gasteiger charge is -2.13. The lowest BCUT2D eigenvalue weighted by atomic mass is 10.1. The van der Waals surface area contributed by atoms with E-state index in [-0.39, 0.29) is 6.10 Å². The van der Waals surface area contributed by atoms with Crippen LogP contribution in [0.1, 0.15) is 25.2 Å². The Bertz CT molecular complexity index is 363. The molecule has 1 aromatic rings. The minimum Gasteiger partial charge on any atom is -0.391 e. The molecule has 0 spiro atoms. The zero-order valence-electron chi connectivity index (χ0n) is 11.0. The van der Waals surface area contributed by atoms with Gasteiger partial charge in [0.05, 0.1) is 22.0 Å². The van der Waals surface area contributed by atoms with Crippen molar-refractivity contribution in [3.63, 3.8) is 0 Å². The van der Waals surface area contributed by atoms with E-state index in [0.29, 0.717) is 18.9 Å². The molecule has 0 radical (unpaired) electrons. The van der Waals surface area contributed by atoms with E-state index < -0.39 is 0 Å². The Morgan fingerprint density at radius 1 is 1.41 bits per heavy atom. The van der Waals surface area contributed by atoms with Gasteiger partial charge < -0.3 is 10.4 Å². The molecule has 0 saturated carbocycles. The van der Waals surface area contributed by atoms with E-state index in [4.69, 9.17) is 0 Å². The molecule has 2 N–H and O–H groups in total. The maximum Gasteiger partial charge on any atom is 0.0738 e. The van der Waals surface area contributed by atoms with Gasteiger partial charge in [-0.1, -0.05) is 13.8 Å². The molecule has 0 bridgehead atoms. The van der Waals surface area contributed by atoms with Crippen LogP contribution in [0.15, 0.2) is 4.47 Å². The molecule has 98 valence electrons. The fraction of sp³-hybridized carbons (Fsp3) is 0.750. The monoisotopic (exact) mass is 303 g/mol. The molecule has 0 saturated heterocycles. The molecule has 0 aliphatic rings. The normalized spacial score (nSPS) is 13.4. The molecular weight excluding hydrogens is 282 g/mol. The van der Waals surface area contributed by atoms with Crippen LogP contribution >= 0.6 is 15.9 Å². The van der Waals surface area contributed by atoms with Crippen LogP contribution < -0.4 is 5.32 Å². The van der Waals surface area contributed by atoms with Crippen LogP contribution in [0.25, 0.3) is 0 Å². The first kappa shape index (κ1) is 14.7. The zero-order valence-corrected chi connectivity index (χ0v) is 12.6. The Morgan fingerprint density at radius 3 is 2.53 bits per heavy atom. The Labute approximate surface area is 112 Å². The van der Waals surface area contributed by atoms with Crippen molar-refractivity contribution < 1.29 is 5.11 Å². The van der Waals surface area contributed by atoms with Crippen molar-refractivity contribution in [2.24, 2.45) is 13.0 Å². The number of hydrogen-bond acceptors (Lipinski definition) is 3. The van der Waals surface area contributed by atoms with Crippen molar-refractivity contribution in [3.05, 3.63) is 15.9 Å². The van der Waals surface area contributed by atoms with E-state index >= 15 is 0 Å². The quantitative estimate of drug-likeness (QED) is 0.840. The van der Waals surface area contributed by atoms with E-state index in [2.05, 4.69) is 40.2 Å². The zero-order chi connectivity index (χ0) is 13.0. The number of aromatic nitrogens is 2. The van der Waals surface area contributed by atoms with E-state index in [1.165, 1.54) is 0 Å². The first-order chi connectivity index (χ1) is 7.91. The SMILES string of the molecule is Cc1nn(C)c(CC(O)CNCC(C)C)c1Br. The molecule has 1 aromatic heterocycles. The smallest absolute Gasteiger partial charge is 0.0738 e. The standard InChI is InChI=1S/C12H22BrN3O/c1-8(2)6-14-7-10(17)5-11-12(13)9(3)15-16(11)4/h8,10,14,17H,5-7H2,1-4H3. The lowest BCUT2D eigenvalue weighted by Crippen LogP contribution is -2.31. The van der Waals surface area contributed by atoms with Crippen LogP contribution in [0.2, 0.25) is 0 Å². The van der Waals surface area contributed by atoms with Gasteiger partial charge in [0.25, 0.3) is 0 Å². The van der Waals surface area contributed by atoms with Crippen LogP contribution in [0.5, 0.6) is 0 Å². The molecule has 0 amide bonds. The molecular formula is C12H22BrN3O. The van der Waals surface area contributed by atoms with Gasteiger partial charge >= 0.3 is 0 Å². The summed E-state index contributed by atoms with van der Waals surface area (Å²) < 4.78 is 2.83. The lowest BCUT2D eigenvalue weighted by molar-refractivity contribution is 0.168. The van der Waals surface area contributed by atoms with Crippen LogP contribution in [-0.4, -0.2) is 34.1 Å². The molecule has 1 rings (SSSR count). The van der Waals surface area contributed by atoms with Gasteiger partial charge in [-0.05, 0) is 35.3 Å². The molecule has 5 heteroatoms. The van der Waals surface area contributed by atoms with Crippen molar-refractivity contribution in [1.29, 1.82) is 0 Å². The second-order valence-corrected chi connectivity index (χ2v) is 5.67. The van der Waals surface area contributed by atoms with Gasteiger partial charge in [-0.25, -0.2) is 0 Å². The first-order valence-electron chi connectivity index (χ1n) is 5.98. The second kappa shape index (κ2) is 6.52. The molecule has 1 unspecified atom stereocenters. The number of halogens is 1. The Kier molecular flexibility index (Phi) is 5.62. The number of aliphatic hydroxyl groups excluding tert-OH is 1. The van der Waals surface area contributed by atoms with Crippen molar-refractivity contribution in [1.82, 2.24) is 15.1 Å². The molecule has 0 fully saturated rings. The fourth-order valence-corrected chi connectivity index (χ4v) is 2.23. The van der Waals surface area contributed by atoms with Crippen molar-refractivity contribution >= 4 is 15.9 Å². The van der Waals surface area contributed by atoms with Gasteiger partial charge in [0.15, 0.2) is 0 Å². The second-order valence-electron chi connectivity index (χ2n) is 4.88. The summed E-state index contributed by atoms with van der Waals surface area (Å²) in [6.45, 7) is 7.81. The number of aryl methyl sites for hydroxylation is 2. The van der Waals surface area contributed by atoms with Crippen LogP contribution in [0.3, 0.4) is 0 Å². The number of nitrogens with zero attached hydrogens (tertiary/aromatic N) is 2. The third-order valence-corrected chi connectivity index (χ3v) is 3.65. The predicted molar refractivity (Wildman–Crippen MR) is 73.1 cm³/mol. The number of hydrogen-bond donors (Lipinski definition) is 2. The molecule has 0 aliphatic heterocycles. The van der Waals surface area contributed by atoms with Gasteiger partial charge in [-0.3, -0.25) is 4.68 Å². The summed E-state index contributed by atoms with van der Waals surface area (Å²) >= 11 is 3.51. The highest BCUT2D eigenvalue weighted by Gasteiger charge is 2.14. The summed E-state index contributed by atoms with van der Waals surface area (Å²) in [5.41, 5.74) is 2.01. The van der Waals surface area contributed by atoms with Crippen LogP contribution in [0, 0.1) is 12.8 Å². The van der Waals surface area contributed by atoms with Crippen molar-refractivity contribution in [3.8, 4) is 0 Å². The van der Waals surface area contributed by atoms with Gasteiger partial charge in [0.1, 0.15) is 0 Å². The number of aliphatic hydroxyl groups is 1. The highest BCUT2D eigenvalue weighted by atomic mass is 79.9. The Balaban J connectivity index is 2.47. The summed E-state index contributed by atoms with van der Waals surface area (Å²) in [6.07, 6.45) is 0.239. The van der Waals surface area contributed by atoms with Gasteiger partial charge in [0.2, 0.25) is 0 Å². The topological polar surface area (TPSA) is 50.1 Å². The summed E-state index contributed by atoms with van der Waals surface area (Å²) in [5.74, 6) is 0.605. The molecule has 0 aromatic carbocycles. The molecule has 17 heavy (non-hydrogen) atoms. The maximum absolute atomic E-state index is 9.95. The minimum atomic E-state index is -0.375. The average Bonchev–Trinajstić information content (AvgIpc) is 2.44. The largest absolute Gasteiger partial charge is 0.391 e. The van der Waals surface area contributed by atoms with Crippen molar-refractivity contribution in [2.75, 3.05) is 13.1 Å². The number of rotatable bonds is 6. The summed E-state index contributed by atoms with van der Waals surface area (Å²) in [6, 6.07) is 0. The molecule has 4 nitrogen and oxygen atoms in total. The fourth-order valence-electron chi connectivity index (χ4n) is 1.74. The number of nitrogens with one attached hydrogen (secondary N) is 1. The van der Waals surface area contributed by atoms with Gasteiger partial charge in [0, 0.05) is 20.0 Å². The van der Waals surface area contributed by atoms with E-state index in [1.807, 2.05) is 18.7 Å². The maximum atomic E-state index is 9.95.